The van der Waals surface area contributed by atoms with Crippen LogP contribution in [0.5, 0.6) is 0 Å². The molecule has 0 radical (unpaired) electrons. The Kier molecular flexibility index (Phi) is 22.5. The second kappa shape index (κ2) is 22.3. The first-order valence-corrected chi connectivity index (χ1v) is 10.8. The first-order valence-electron chi connectivity index (χ1n) is 10.8. The number of carboxylic acids is 4. The molecule has 0 aromatic heterocycles. The third kappa shape index (κ3) is 29.8. The molecular weight excluding hydrogens is 498 g/mol. The van der Waals surface area contributed by atoms with E-state index >= 15 is 0 Å². The number of aliphatic carboxylic acids is 4. The molecule has 0 aliphatic heterocycles. The van der Waals surface area contributed by atoms with Gasteiger partial charge in [0, 0.05) is 26.4 Å². The molecular formula is C19H39N9O9. The molecule has 0 unspecified atom stereocenters. The molecule has 0 bridgehead atoms. The molecule has 18 nitrogen and oxygen atoms in total. The number of nitrogens with one attached hydrogen (secondary N) is 5. The maximum atomic E-state index is 10.7. The molecule has 0 saturated heterocycles. The summed E-state index contributed by atoms with van der Waals surface area (Å²) in [6.45, 7) is 2.17. The van der Waals surface area contributed by atoms with Gasteiger partial charge in [-0.3, -0.25) is 30.0 Å². The monoisotopic (exact) mass is 537 g/mol. The fourth-order valence-corrected chi connectivity index (χ4v) is 2.10. The summed E-state index contributed by atoms with van der Waals surface area (Å²) in [4.78, 5) is 51.4. The Balaban J connectivity index is -0.000000479. The number of hydrogen-bond acceptors (Lipinski definition) is 9. The van der Waals surface area contributed by atoms with Gasteiger partial charge < -0.3 is 59.3 Å². The first-order chi connectivity index (χ1) is 17.0. The van der Waals surface area contributed by atoms with E-state index in [1.54, 1.807) is 0 Å². The molecule has 3 atom stereocenters. The van der Waals surface area contributed by atoms with Crippen LogP contribution in [-0.4, -0.2) is 93.3 Å². The van der Waals surface area contributed by atoms with Crippen molar-refractivity contribution in [2.24, 2.45) is 22.9 Å². The summed E-state index contributed by atoms with van der Waals surface area (Å²) in [5, 5.41) is 54.4. The van der Waals surface area contributed by atoms with Crippen molar-refractivity contribution in [3.63, 3.8) is 0 Å². The summed E-state index contributed by atoms with van der Waals surface area (Å²) < 4.78 is 0. The number of nitrogens with two attached hydrogens (primary N) is 4. The van der Waals surface area contributed by atoms with Gasteiger partial charge in [0.15, 0.2) is 11.9 Å². The van der Waals surface area contributed by atoms with E-state index in [1.165, 1.54) is 6.92 Å². The Morgan fingerprint density at radius 2 is 1.14 bits per heavy atom. The lowest BCUT2D eigenvalue weighted by Gasteiger charge is -2.12. The van der Waals surface area contributed by atoms with Crippen molar-refractivity contribution in [3.05, 3.63) is 0 Å². The van der Waals surface area contributed by atoms with Crippen molar-refractivity contribution in [2.45, 2.75) is 63.6 Å². The van der Waals surface area contributed by atoms with Crippen molar-refractivity contribution in [1.82, 2.24) is 16.0 Å². The van der Waals surface area contributed by atoms with Crippen LogP contribution < -0.4 is 38.9 Å². The Morgan fingerprint density at radius 1 is 0.730 bits per heavy atom. The minimum absolute atomic E-state index is 0.0231. The molecule has 0 aromatic carbocycles. The summed E-state index contributed by atoms with van der Waals surface area (Å²) in [6.07, 6.45) is 1.56. The fraction of sp³-hybridized carbons (Fsp3) is 0.632. The minimum atomic E-state index is -1.17. The predicted octanol–water partition coefficient (Wildman–Crippen LogP) is -3.24. The Morgan fingerprint density at radius 3 is 1.46 bits per heavy atom. The van der Waals surface area contributed by atoms with Gasteiger partial charge in [-0.1, -0.05) is 0 Å². The highest BCUT2D eigenvalue weighted by molar-refractivity contribution is 5.82. The highest BCUT2D eigenvalue weighted by Crippen LogP contribution is 1.97. The van der Waals surface area contributed by atoms with Crippen molar-refractivity contribution in [2.75, 3.05) is 13.1 Å². The maximum Gasteiger partial charge on any atom is 0.326 e. The van der Waals surface area contributed by atoms with Crippen molar-refractivity contribution < 1.29 is 44.4 Å². The third-order valence-electron chi connectivity index (χ3n) is 3.97. The van der Waals surface area contributed by atoms with Gasteiger partial charge in [0.25, 0.3) is 0 Å². The Bertz CT molecular complexity index is 765. The number of rotatable bonds is 15. The van der Waals surface area contributed by atoms with E-state index in [4.69, 9.17) is 54.2 Å². The topological polar surface area (TPSA) is 354 Å². The molecule has 0 aliphatic carbocycles. The number of carbonyl (C=O) groups is 5. The summed E-state index contributed by atoms with van der Waals surface area (Å²) in [6, 6.07) is -2.76. The average molecular weight is 538 g/mol. The lowest BCUT2D eigenvalue weighted by Crippen LogP contribution is -2.40. The first kappa shape index (κ1) is 37.4. The van der Waals surface area contributed by atoms with Gasteiger partial charge in [-0.05, 0) is 32.1 Å². The largest absolute Gasteiger partial charge is 0.481 e. The molecule has 1 amide bonds. The van der Waals surface area contributed by atoms with Gasteiger partial charge in [0.1, 0.15) is 18.1 Å². The second-order valence-corrected chi connectivity index (χ2v) is 7.38. The molecule has 17 N–H and O–H groups in total. The molecule has 0 heterocycles. The number of carbonyl (C=O) groups excluding carboxylic acids is 1. The number of guanidine groups is 2. The molecule has 37 heavy (non-hydrogen) atoms. The van der Waals surface area contributed by atoms with Crippen LogP contribution in [0.4, 0.5) is 0 Å². The van der Waals surface area contributed by atoms with Crippen LogP contribution in [0.25, 0.3) is 0 Å². The van der Waals surface area contributed by atoms with E-state index in [0.717, 1.165) is 0 Å². The van der Waals surface area contributed by atoms with Gasteiger partial charge >= 0.3 is 23.9 Å². The van der Waals surface area contributed by atoms with Gasteiger partial charge in [0.05, 0.1) is 0 Å². The smallest absolute Gasteiger partial charge is 0.326 e. The average Bonchev–Trinajstić information content (AvgIpc) is 2.76. The zero-order valence-corrected chi connectivity index (χ0v) is 20.5. The number of hydrogen-bond donors (Lipinski definition) is 13. The molecule has 0 aliphatic rings. The number of carboxylic acid groups (broad SMARTS) is 4. The summed E-state index contributed by atoms with van der Waals surface area (Å²) in [7, 11) is 0. The van der Waals surface area contributed by atoms with Crippen LogP contribution in [0, 0.1) is 10.8 Å². The predicted molar refractivity (Wildman–Crippen MR) is 132 cm³/mol. The van der Waals surface area contributed by atoms with Gasteiger partial charge in [-0.2, -0.15) is 0 Å². The highest BCUT2D eigenvalue weighted by atomic mass is 16.4. The van der Waals surface area contributed by atoms with Crippen LogP contribution in [0.1, 0.15) is 45.4 Å². The molecule has 0 aromatic rings. The van der Waals surface area contributed by atoms with Crippen LogP contribution in [0.3, 0.4) is 0 Å². The minimum Gasteiger partial charge on any atom is -0.481 e. The van der Waals surface area contributed by atoms with Crippen LogP contribution in [-0.2, 0) is 24.0 Å². The lowest BCUT2D eigenvalue weighted by molar-refractivity contribution is -0.142. The van der Waals surface area contributed by atoms with Gasteiger partial charge in [0.2, 0.25) is 5.91 Å². The number of amides is 1. The molecule has 0 spiro atoms. The van der Waals surface area contributed by atoms with E-state index in [1.807, 2.05) is 0 Å². The molecule has 0 rings (SSSR count). The second-order valence-electron chi connectivity index (χ2n) is 7.38. The lowest BCUT2D eigenvalue weighted by atomic mass is 10.1. The van der Waals surface area contributed by atoms with Gasteiger partial charge in [-0.15, -0.1) is 0 Å². The Labute approximate surface area is 213 Å². The van der Waals surface area contributed by atoms with E-state index in [0.29, 0.717) is 38.8 Å². The van der Waals surface area contributed by atoms with Crippen LogP contribution >= 0.6 is 0 Å². The van der Waals surface area contributed by atoms with Crippen LogP contribution in [0.15, 0.2) is 0 Å². The molecule has 214 valence electrons. The molecule has 0 fully saturated rings. The summed E-state index contributed by atoms with van der Waals surface area (Å²) in [5.74, 6) is -4.90. The quantitative estimate of drug-likeness (QED) is 0.0554. The summed E-state index contributed by atoms with van der Waals surface area (Å²) in [5.41, 5.74) is 20.3. The van der Waals surface area contributed by atoms with E-state index in [-0.39, 0.29) is 30.7 Å². The van der Waals surface area contributed by atoms with E-state index in [2.05, 4.69) is 16.0 Å². The van der Waals surface area contributed by atoms with E-state index in [9.17, 15) is 24.0 Å². The highest BCUT2D eigenvalue weighted by Gasteiger charge is 2.17. The SMILES string of the molecule is CC(=O)N[C@@H](CCCNC(=N)N)C(=O)O.N=C(N)NCCC[C@H](N)C(=O)O.N[C@@H](CCC(=O)O)C(=O)O. The zero-order valence-electron chi connectivity index (χ0n) is 20.5. The van der Waals surface area contributed by atoms with E-state index < -0.39 is 42.0 Å². The standard InChI is InChI=1S/C8H16N4O3.C6H14N4O2.C5H9NO4/c1-5(13)12-6(7(14)15)3-2-4-11-8(9)10;7-4(5(11)12)2-1-3-10-6(8)9;6-3(5(9)10)1-2-4(7)8/h6H,2-4H2,1H3,(H,12,13)(H,14,15)(H4,9,10,11);4H,1-3,7H2,(H,11,12)(H4,8,9,10);3H,1-2,6H2,(H,7,8)(H,9,10)/t6-;4-;3-/m000/s1. The normalized spacial score (nSPS) is 12.0. The Hall–Kier alpha value is -4.19. The molecule has 18 heteroatoms. The summed E-state index contributed by atoms with van der Waals surface area (Å²) >= 11 is 0. The zero-order chi connectivity index (χ0) is 29.6. The van der Waals surface area contributed by atoms with Crippen molar-refractivity contribution in [3.8, 4) is 0 Å². The van der Waals surface area contributed by atoms with Crippen molar-refractivity contribution in [1.29, 1.82) is 10.8 Å². The maximum absolute atomic E-state index is 10.7. The van der Waals surface area contributed by atoms with Crippen molar-refractivity contribution >= 4 is 41.7 Å². The van der Waals surface area contributed by atoms with Gasteiger partial charge in [-0.25, -0.2) is 4.79 Å². The molecule has 0 saturated carbocycles. The van der Waals surface area contributed by atoms with Crippen LogP contribution in [0.2, 0.25) is 0 Å². The fourth-order valence-electron chi connectivity index (χ4n) is 2.10. The third-order valence-corrected chi connectivity index (χ3v) is 3.97.